The average molecular weight is 671 g/mol. The highest BCUT2D eigenvalue weighted by Crippen LogP contribution is 2.07. The number of ketones is 2. The maximum Gasteiger partial charge on any atom is 0.242 e. The second kappa shape index (κ2) is 21.7. The summed E-state index contributed by atoms with van der Waals surface area (Å²) in [4.78, 5) is 52.5. The van der Waals surface area contributed by atoms with Crippen LogP contribution in [0, 0.1) is 5.41 Å². The minimum atomic E-state index is -1.29. The highest BCUT2D eigenvalue weighted by molar-refractivity contribution is 6.39. The largest absolute Gasteiger partial charge is 0.394 e. The summed E-state index contributed by atoms with van der Waals surface area (Å²) in [5.74, 6) is -2.63. The molecule has 0 spiro atoms. The van der Waals surface area contributed by atoms with E-state index < -0.39 is 60.7 Å². The summed E-state index contributed by atoms with van der Waals surface area (Å²) in [5.41, 5.74) is 35.0. The van der Waals surface area contributed by atoms with E-state index in [-0.39, 0.29) is 31.6 Å². The molecule has 0 aromatic heterocycles. The number of carbonyl (C=O) groups is 4. The summed E-state index contributed by atoms with van der Waals surface area (Å²) in [6, 6.07) is 12.2. The lowest BCUT2D eigenvalue weighted by molar-refractivity contribution is -0.138. The summed E-state index contributed by atoms with van der Waals surface area (Å²) in [7, 11) is 0. The van der Waals surface area contributed by atoms with Crippen LogP contribution in [0.15, 0.2) is 54.6 Å². The number of Topliss-reactive ketones (excluding diaryl/α,β-unsaturated/α-hetero) is 2. The van der Waals surface area contributed by atoms with Crippen molar-refractivity contribution in [2.45, 2.75) is 69.4 Å². The van der Waals surface area contributed by atoms with Gasteiger partial charge in [0.2, 0.25) is 23.4 Å². The molecule has 0 bridgehead atoms. The van der Waals surface area contributed by atoms with E-state index in [4.69, 9.17) is 34.1 Å². The molecule has 48 heavy (non-hydrogen) atoms. The van der Waals surface area contributed by atoms with E-state index in [9.17, 15) is 24.3 Å². The molecule has 264 valence electrons. The molecule has 0 aliphatic rings. The van der Waals surface area contributed by atoms with Gasteiger partial charge in [-0.3, -0.25) is 35.2 Å². The van der Waals surface area contributed by atoms with Crippen molar-refractivity contribution in [1.82, 2.24) is 32.1 Å². The zero-order chi connectivity index (χ0) is 35.5. The number of aliphatic hydroxyl groups excluding tert-OH is 1. The van der Waals surface area contributed by atoms with Gasteiger partial charge >= 0.3 is 0 Å². The number of benzene rings is 2. The molecule has 3 atom stereocenters. The molecule has 17 nitrogen and oxygen atoms in total. The summed E-state index contributed by atoms with van der Waals surface area (Å²) in [5, 5.41) is 28.7. The summed E-state index contributed by atoms with van der Waals surface area (Å²) < 4.78 is 0. The van der Waals surface area contributed by atoms with Gasteiger partial charge in [0.05, 0.1) is 12.6 Å². The van der Waals surface area contributed by atoms with Gasteiger partial charge in [0, 0.05) is 18.5 Å². The monoisotopic (exact) mass is 670 g/mol. The molecule has 0 radical (unpaired) electrons. The summed E-state index contributed by atoms with van der Waals surface area (Å²) in [6.07, 6.45) is -0.394. The molecule has 0 fully saturated rings. The minimum absolute atomic E-state index is 0.0801. The Morgan fingerprint density at radius 2 is 1.29 bits per heavy atom. The molecule has 17 heteroatoms. The first-order valence-corrected chi connectivity index (χ1v) is 15.6. The topological polar surface area (TPSA) is 315 Å². The predicted molar refractivity (Wildman–Crippen MR) is 181 cm³/mol. The van der Waals surface area contributed by atoms with E-state index in [0.717, 1.165) is 5.56 Å². The van der Waals surface area contributed by atoms with Crippen molar-refractivity contribution in [3.63, 3.8) is 0 Å². The van der Waals surface area contributed by atoms with Crippen molar-refractivity contribution in [2.75, 3.05) is 19.7 Å². The quantitative estimate of drug-likeness (QED) is 0.0128. The lowest BCUT2D eigenvalue weighted by Crippen LogP contribution is -2.59. The average Bonchev–Trinajstić information content (AvgIpc) is 3.06. The van der Waals surface area contributed by atoms with Gasteiger partial charge in [0.25, 0.3) is 0 Å². The number of nitrogens with two attached hydrogens (primary N) is 5. The van der Waals surface area contributed by atoms with Gasteiger partial charge in [-0.05, 0) is 49.9 Å². The number of rotatable bonds is 24. The molecule has 2 amide bonds. The third-order valence-corrected chi connectivity index (χ3v) is 7.19. The Morgan fingerprint density at radius 3 is 1.83 bits per heavy atom. The molecule has 0 heterocycles. The molecular formula is C31H50N12O5. The standard InChI is InChI=1S/C31H50N12O5/c32-27(33)21-12-10-20(11-13-21)17-40-28(47)23(9-5-15-39-31(36)37)41-29(48)24(18-44)43-42-22(8-4-14-38-30(34)35)26(46)25(45)16-19-6-2-1-3-7-19/h1-3,6-7,10-13,22-24,30-31,38-39,42-44H,4-5,8-9,14-18,34-37H2,(H3,32,33)(H,40,47)(H,41,48)/t22-,23-,24-/m0/s1. The third-order valence-electron chi connectivity index (χ3n) is 7.19. The van der Waals surface area contributed by atoms with Crippen LogP contribution >= 0.6 is 0 Å². The molecule has 0 aliphatic carbocycles. The van der Waals surface area contributed by atoms with Crippen molar-refractivity contribution < 1.29 is 24.3 Å². The number of hydrogen-bond donors (Lipinski definition) is 13. The molecule has 0 saturated heterocycles. The van der Waals surface area contributed by atoms with Gasteiger partial charge < -0.3 is 44.4 Å². The maximum absolute atomic E-state index is 13.3. The fourth-order valence-electron chi connectivity index (χ4n) is 4.53. The number of carbonyl (C=O) groups excluding carboxylic acids is 4. The second-order valence-electron chi connectivity index (χ2n) is 11.2. The number of amides is 2. The minimum Gasteiger partial charge on any atom is -0.394 e. The van der Waals surface area contributed by atoms with Crippen LogP contribution < -0.4 is 60.8 Å². The van der Waals surface area contributed by atoms with E-state index in [1.807, 2.05) is 0 Å². The lowest BCUT2D eigenvalue weighted by atomic mass is 9.99. The highest BCUT2D eigenvalue weighted by Gasteiger charge is 2.29. The van der Waals surface area contributed by atoms with Crippen molar-refractivity contribution in [3.05, 3.63) is 71.3 Å². The Labute approximate surface area is 280 Å². The number of hydrazine groups is 1. The zero-order valence-corrected chi connectivity index (χ0v) is 26.9. The molecule has 2 aromatic rings. The predicted octanol–water partition coefficient (Wildman–Crippen LogP) is -3.58. The van der Waals surface area contributed by atoms with Crippen molar-refractivity contribution in [2.24, 2.45) is 28.7 Å². The van der Waals surface area contributed by atoms with E-state index in [1.165, 1.54) is 0 Å². The van der Waals surface area contributed by atoms with Crippen LogP contribution in [0.1, 0.15) is 42.4 Å². The first kappa shape index (κ1) is 40.0. The Kier molecular flexibility index (Phi) is 18.0. The highest BCUT2D eigenvalue weighted by atomic mass is 16.3. The number of aliphatic hydroxyl groups is 1. The summed E-state index contributed by atoms with van der Waals surface area (Å²) in [6.45, 7) is 0.185. The number of hydrogen-bond acceptors (Lipinski definition) is 14. The summed E-state index contributed by atoms with van der Waals surface area (Å²) >= 11 is 0. The van der Waals surface area contributed by atoms with Crippen LogP contribution in [-0.4, -0.2) is 84.7 Å². The molecule has 0 aliphatic heterocycles. The van der Waals surface area contributed by atoms with Crippen molar-refractivity contribution in [3.8, 4) is 0 Å². The molecule has 18 N–H and O–H groups in total. The smallest absolute Gasteiger partial charge is 0.242 e. The van der Waals surface area contributed by atoms with Crippen LogP contribution in [0.4, 0.5) is 0 Å². The van der Waals surface area contributed by atoms with Gasteiger partial charge in [0.15, 0.2) is 0 Å². The second-order valence-corrected chi connectivity index (χ2v) is 11.2. The van der Waals surface area contributed by atoms with Gasteiger partial charge in [-0.1, -0.05) is 54.6 Å². The van der Waals surface area contributed by atoms with Crippen LogP contribution in [0.2, 0.25) is 0 Å². The third kappa shape index (κ3) is 15.2. The zero-order valence-electron chi connectivity index (χ0n) is 26.9. The van der Waals surface area contributed by atoms with Gasteiger partial charge in [-0.25, -0.2) is 10.9 Å². The van der Waals surface area contributed by atoms with Crippen LogP contribution in [-0.2, 0) is 32.1 Å². The van der Waals surface area contributed by atoms with Crippen molar-refractivity contribution in [1.29, 1.82) is 5.41 Å². The van der Waals surface area contributed by atoms with Crippen molar-refractivity contribution >= 4 is 29.2 Å². The van der Waals surface area contributed by atoms with E-state index in [2.05, 4.69) is 32.1 Å². The van der Waals surface area contributed by atoms with Gasteiger partial charge in [0.1, 0.15) is 30.5 Å². The van der Waals surface area contributed by atoms with Gasteiger partial charge in [-0.15, -0.1) is 0 Å². The Morgan fingerprint density at radius 1 is 0.729 bits per heavy atom. The first-order valence-electron chi connectivity index (χ1n) is 15.6. The Bertz CT molecular complexity index is 1310. The van der Waals surface area contributed by atoms with Crippen LogP contribution in [0.5, 0.6) is 0 Å². The molecule has 2 aromatic carbocycles. The SMILES string of the molecule is N=C(N)c1ccc(CNC(=O)[C@H](CCCNC(N)N)NC(=O)[C@H](CO)NN[C@@H](CCCNC(N)N)C(=O)C(=O)Cc2ccccc2)cc1. The lowest BCUT2D eigenvalue weighted by Gasteiger charge is -2.25. The fourth-order valence-corrected chi connectivity index (χ4v) is 4.53. The molecular weight excluding hydrogens is 620 g/mol. The number of nitrogen functional groups attached to an aromatic ring is 1. The van der Waals surface area contributed by atoms with E-state index >= 15 is 0 Å². The van der Waals surface area contributed by atoms with E-state index in [1.54, 1.807) is 54.6 Å². The molecule has 2 rings (SSSR count). The number of amidine groups is 1. The maximum atomic E-state index is 13.3. The normalized spacial score (nSPS) is 13.1. The van der Waals surface area contributed by atoms with Crippen LogP contribution in [0.3, 0.4) is 0 Å². The fraction of sp³-hybridized carbons (Fsp3) is 0.452. The first-order chi connectivity index (χ1) is 22.9. The Hall–Kier alpha value is -4.17. The molecule has 0 unspecified atom stereocenters. The van der Waals surface area contributed by atoms with Crippen LogP contribution in [0.25, 0.3) is 0 Å². The van der Waals surface area contributed by atoms with E-state index in [0.29, 0.717) is 37.1 Å². The molecule has 0 saturated carbocycles. The Balaban J connectivity index is 2.08. The number of nitrogens with one attached hydrogen (secondary N) is 7. The van der Waals surface area contributed by atoms with Gasteiger partial charge in [-0.2, -0.15) is 0 Å².